The molecule has 0 radical (unpaired) electrons. The molecule has 0 bridgehead atoms. The Labute approximate surface area is 102 Å². The summed E-state index contributed by atoms with van der Waals surface area (Å²) < 4.78 is 0. The van der Waals surface area contributed by atoms with E-state index < -0.39 is 0 Å². The fourth-order valence-electron chi connectivity index (χ4n) is 1.64. The van der Waals surface area contributed by atoms with Crippen LogP contribution in [0.2, 0.25) is 0 Å². The summed E-state index contributed by atoms with van der Waals surface area (Å²) in [4.78, 5) is 13.9. The molecule has 3 heteroatoms. The second-order valence-electron chi connectivity index (χ2n) is 4.36. The quantitative estimate of drug-likeness (QED) is 0.812. The van der Waals surface area contributed by atoms with E-state index in [-0.39, 0.29) is 17.7 Å². The number of hydrogen-bond acceptors (Lipinski definition) is 2. The van der Waals surface area contributed by atoms with Crippen molar-refractivity contribution in [1.82, 2.24) is 4.90 Å². The molecule has 1 amide bonds. The van der Waals surface area contributed by atoms with Crippen molar-refractivity contribution in [2.75, 3.05) is 6.54 Å². The van der Waals surface area contributed by atoms with Crippen LogP contribution >= 0.6 is 0 Å². The van der Waals surface area contributed by atoms with Crippen LogP contribution in [0.5, 0.6) is 5.75 Å². The predicted octanol–water partition coefficient (Wildman–Crippen LogP) is 2.74. The van der Waals surface area contributed by atoms with Crippen LogP contribution in [0.4, 0.5) is 0 Å². The zero-order valence-corrected chi connectivity index (χ0v) is 10.6. The molecule has 0 aromatic heterocycles. The fourth-order valence-corrected chi connectivity index (χ4v) is 1.64. The second kappa shape index (κ2) is 5.53. The second-order valence-corrected chi connectivity index (χ2v) is 4.36. The number of rotatable bonds is 4. The number of aryl methyl sites for hydroxylation is 1. The highest BCUT2D eigenvalue weighted by molar-refractivity contribution is 5.97. The molecular formula is C14H19NO2. The summed E-state index contributed by atoms with van der Waals surface area (Å²) in [6.45, 7) is 9.86. The van der Waals surface area contributed by atoms with Crippen molar-refractivity contribution in [3.05, 3.63) is 42.0 Å². The number of phenols is 1. The molecule has 0 fully saturated rings. The Kier molecular flexibility index (Phi) is 4.32. The van der Waals surface area contributed by atoms with E-state index in [9.17, 15) is 9.90 Å². The third-order valence-electron chi connectivity index (χ3n) is 2.59. The van der Waals surface area contributed by atoms with Crippen LogP contribution in [0, 0.1) is 6.92 Å². The van der Waals surface area contributed by atoms with Gasteiger partial charge in [-0.05, 0) is 38.5 Å². The molecule has 0 aliphatic rings. The van der Waals surface area contributed by atoms with Crippen LogP contribution in [0.15, 0.2) is 30.9 Å². The van der Waals surface area contributed by atoms with Crippen molar-refractivity contribution >= 4 is 5.91 Å². The number of carbonyl (C=O) groups is 1. The molecule has 1 N–H and O–H groups in total. The molecule has 0 heterocycles. The van der Waals surface area contributed by atoms with Crippen molar-refractivity contribution < 1.29 is 9.90 Å². The van der Waals surface area contributed by atoms with E-state index in [0.29, 0.717) is 12.1 Å². The van der Waals surface area contributed by atoms with Crippen LogP contribution in [-0.4, -0.2) is 28.5 Å². The lowest BCUT2D eigenvalue weighted by Crippen LogP contribution is -2.37. The number of hydrogen-bond donors (Lipinski definition) is 1. The van der Waals surface area contributed by atoms with E-state index in [2.05, 4.69) is 6.58 Å². The highest BCUT2D eigenvalue weighted by atomic mass is 16.3. The minimum atomic E-state index is -0.169. The van der Waals surface area contributed by atoms with Crippen LogP contribution < -0.4 is 0 Å². The van der Waals surface area contributed by atoms with Gasteiger partial charge in [0.25, 0.3) is 5.91 Å². The normalized spacial score (nSPS) is 10.4. The van der Waals surface area contributed by atoms with E-state index >= 15 is 0 Å². The number of nitrogens with zero attached hydrogens (tertiary/aromatic N) is 1. The molecule has 1 rings (SSSR count). The molecule has 0 aliphatic carbocycles. The Bertz CT molecular complexity index is 424. The number of phenolic OH excluding ortho intramolecular Hbond substituents is 1. The van der Waals surface area contributed by atoms with E-state index in [0.717, 1.165) is 5.56 Å². The van der Waals surface area contributed by atoms with Gasteiger partial charge in [-0.25, -0.2) is 0 Å². The highest BCUT2D eigenvalue weighted by Gasteiger charge is 2.20. The molecule has 0 atom stereocenters. The van der Waals surface area contributed by atoms with E-state index in [4.69, 9.17) is 0 Å². The van der Waals surface area contributed by atoms with Gasteiger partial charge >= 0.3 is 0 Å². The molecule has 0 spiro atoms. The Morgan fingerprint density at radius 2 is 2.18 bits per heavy atom. The average Bonchev–Trinajstić information content (AvgIpc) is 2.24. The first-order chi connectivity index (χ1) is 7.97. The van der Waals surface area contributed by atoms with Gasteiger partial charge in [-0.15, -0.1) is 6.58 Å². The molecule has 0 unspecified atom stereocenters. The maximum absolute atomic E-state index is 12.2. The lowest BCUT2D eigenvalue weighted by Gasteiger charge is -2.25. The molecule has 0 saturated heterocycles. The molecule has 0 saturated carbocycles. The van der Waals surface area contributed by atoms with Crippen molar-refractivity contribution in [2.24, 2.45) is 0 Å². The monoisotopic (exact) mass is 233 g/mol. The molecule has 92 valence electrons. The van der Waals surface area contributed by atoms with Crippen LogP contribution in [0.3, 0.4) is 0 Å². The molecule has 0 aliphatic heterocycles. The van der Waals surface area contributed by atoms with Gasteiger partial charge in [0, 0.05) is 12.6 Å². The Balaban J connectivity index is 3.05. The smallest absolute Gasteiger partial charge is 0.258 e. The highest BCUT2D eigenvalue weighted by Crippen LogP contribution is 2.21. The van der Waals surface area contributed by atoms with Gasteiger partial charge in [-0.2, -0.15) is 0 Å². The Morgan fingerprint density at radius 1 is 1.53 bits per heavy atom. The summed E-state index contributed by atoms with van der Waals surface area (Å²) >= 11 is 0. The van der Waals surface area contributed by atoms with Crippen LogP contribution in [0.25, 0.3) is 0 Å². The van der Waals surface area contributed by atoms with Crippen molar-refractivity contribution in [1.29, 1.82) is 0 Å². The largest absolute Gasteiger partial charge is 0.507 e. The summed E-state index contributed by atoms with van der Waals surface area (Å²) in [5.74, 6) is -0.137. The minimum Gasteiger partial charge on any atom is -0.507 e. The van der Waals surface area contributed by atoms with Gasteiger partial charge < -0.3 is 10.0 Å². The SMILES string of the molecule is C=CCN(C(=O)c1ccc(C)cc1O)C(C)C. The first-order valence-electron chi connectivity index (χ1n) is 5.68. The van der Waals surface area contributed by atoms with Crippen molar-refractivity contribution in [3.8, 4) is 5.75 Å². The first kappa shape index (κ1) is 13.3. The number of aromatic hydroxyl groups is 1. The van der Waals surface area contributed by atoms with Crippen LogP contribution in [-0.2, 0) is 0 Å². The molecule has 1 aromatic rings. The summed E-state index contributed by atoms with van der Waals surface area (Å²) in [5, 5.41) is 9.79. The standard InChI is InChI=1S/C14H19NO2/c1-5-8-15(10(2)3)14(17)12-7-6-11(4)9-13(12)16/h5-7,9-10,16H,1,8H2,2-4H3. The molecular weight excluding hydrogens is 214 g/mol. The van der Waals surface area contributed by atoms with E-state index in [1.807, 2.05) is 26.8 Å². The van der Waals surface area contributed by atoms with Gasteiger partial charge in [0.1, 0.15) is 5.75 Å². The summed E-state index contributed by atoms with van der Waals surface area (Å²) in [7, 11) is 0. The molecule has 3 nitrogen and oxygen atoms in total. The zero-order valence-electron chi connectivity index (χ0n) is 10.6. The number of amides is 1. The number of carbonyl (C=O) groups excluding carboxylic acids is 1. The van der Waals surface area contributed by atoms with Gasteiger partial charge in [0.15, 0.2) is 0 Å². The summed E-state index contributed by atoms with van der Waals surface area (Å²) in [5.41, 5.74) is 1.27. The predicted molar refractivity (Wildman–Crippen MR) is 69.2 cm³/mol. The van der Waals surface area contributed by atoms with E-state index in [1.165, 1.54) is 0 Å². The Morgan fingerprint density at radius 3 is 2.65 bits per heavy atom. The molecule has 1 aromatic carbocycles. The van der Waals surface area contributed by atoms with Crippen molar-refractivity contribution in [3.63, 3.8) is 0 Å². The molecule has 17 heavy (non-hydrogen) atoms. The van der Waals surface area contributed by atoms with E-state index in [1.54, 1.807) is 23.1 Å². The average molecular weight is 233 g/mol. The van der Waals surface area contributed by atoms with Crippen LogP contribution in [0.1, 0.15) is 29.8 Å². The fraction of sp³-hybridized carbons (Fsp3) is 0.357. The summed E-state index contributed by atoms with van der Waals surface area (Å²) in [6.07, 6.45) is 1.68. The maximum atomic E-state index is 12.2. The first-order valence-corrected chi connectivity index (χ1v) is 5.68. The minimum absolute atomic E-state index is 0.0321. The van der Waals surface area contributed by atoms with Gasteiger partial charge in [-0.1, -0.05) is 12.1 Å². The number of benzene rings is 1. The van der Waals surface area contributed by atoms with Gasteiger partial charge in [0.05, 0.1) is 5.56 Å². The maximum Gasteiger partial charge on any atom is 0.258 e. The third-order valence-corrected chi connectivity index (χ3v) is 2.59. The Hall–Kier alpha value is -1.77. The van der Waals surface area contributed by atoms with Crippen molar-refractivity contribution in [2.45, 2.75) is 26.8 Å². The summed E-state index contributed by atoms with van der Waals surface area (Å²) in [6, 6.07) is 5.14. The lowest BCUT2D eigenvalue weighted by atomic mass is 10.1. The lowest BCUT2D eigenvalue weighted by molar-refractivity contribution is 0.0725. The van der Waals surface area contributed by atoms with Gasteiger partial charge in [-0.3, -0.25) is 4.79 Å². The third kappa shape index (κ3) is 3.09. The van der Waals surface area contributed by atoms with Gasteiger partial charge in [0.2, 0.25) is 0 Å². The zero-order chi connectivity index (χ0) is 13.0. The topological polar surface area (TPSA) is 40.5 Å².